The fourth-order valence-corrected chi connectivity index (χ4v) is 2.93. The molecular formula is C16H22BrNO2. The maximum Gasteiger partial charge on any atom is 0.179 e. The highest BCUT2D eigenvalue weighted by Crippen LogP contribution is 2.27. The van der Waals surface area contributed by atoms with E-state index in [1.165, 1.54) is 19.3 Å². The SMILES string of the molecule is CC(C(=O)c1ccc(Br)cc1)N(CCCO)C1CCC1. The maximum absolute atomic E-state index is 12.6. The molecule has 0 bridgehead atoms. The topological polar surface area (TPSA) is 40.5 Å². The molecule has 3 nitrogen and oxygen atoms in total. The van der Waals surface area contributed by atoms with E-state index in [1.54, 1.807) is 0 Å². The van der Waals surface area contributed by atoms with Gasteiger partial charge in [-0.05, 0) is 38.3 Å². The van der Waals surface area contributed by atoms with Gasteiger partial charge in [-0.1, -0.05) is 34.5 Å². The summed E-state index contributed by atoms with van der Waals surface area (Å²) in [6.07, 6.45) is 4.32. The van der Waals surface area contributed by atoms with E-state index in [9.17, 15) is 4.79 Å². The maximum atomic E-state index is 12.6. The second kappa shape index (κ2) is 7.34. The number of aliphatic hydroxyl groups excluding tert-OH is 1. The van der Waals surface area contributed by atoms with Crippen LogP contribution in [-0.4, -0.2) is 41.0 Å². The summed E-state index contributed by atoms with van der Waals surface area (Å²) in [4.78, 5) is 14.9. The van der Waals surface area contributed by atoms with Crippen LogP contribution in [0.4, 0.5) is 0 Å². The summed E-state index contributed by atoms with van der Waals surface area (Å²) in [6, 6.07) is 7.94. The van der Waals surface area contributed by atoms with Crippen molar-refractivity contribution in [3.05, 3.63) is 34.3 Å². The summed E-state index contributed by atoms with van der Waals surface area (Å²) in [5.74, 6) is 0.169. The van der Waals surface area contributed by atoms with Gasteiger partial charge in [0.25, 0.3) is 0 Å². The van der Waals surface area contributed by atoms with E-state index in [4.69, 9.17) is 5.11 Å². The van der Waals surface area contributed by atoms with Gasteiger partial charge in [0.15, 0.2) is 5.78 Å². The molecule has 1 fully saturated rings. The molecule has 1 aromatic carbocycles. The Balaban J connectivity index is 2.07. The Bertz CT molecular complexity index is 442. The minimum absolute atomic E-state index is 0.118. The molecule has 0 heterocycles. The van der Waals surface area contributed by atoms with Gasteiger partial charge < -0.3 is 5.11 Å². The third-order valence-electron chi connectivity index (χ3n) is 4.12. The molecule has 1 N–H and O–H groups in total. The largest absolute Gasteiger partial charge is 0.396 e. The molecular weight excluding hydrogens is 318 g/mol. The molecule has 0 saturated heterocycles. The van der Waals surface area contributed by atoms with Gasteiger partial charge >= 0.3 is 0 Å². The van der Waals surface area contributed by atoms with Gasteiger partial charge in [0.1, 0.15) is 0 Å². The normalized spacial score (nSPS) is 17.0. The van der Waals surface area contributed by atoms with Crippen molar-refractivity contribution in [2.45, 2.75) is 44.7 Å². The molecule has 0 aromatic heterocycles. The van der Waals surface area contributed by atoms with Crippen LogP contribution in [0.2, 0.25) is 0 Å². The molecule has 0 aliphatic heterocycles. The van der Waals surface area contributed by atoms with Crippen molar-refractivity contribution in [2.24, 2.45) is 0 Å². The lowest BCUT2D eigenvalue weighted by Gasteiger charge is -2.40. The second-order valence-corrected chi connectivity index (χ2v) is 6.36. The second-order valence-electron chi connectivity index (χ2n) is 5.45. The van der Waals surface area contributed by atoms with Crippen molar-refractivity contribution in [3.8, 4) is 0 Å². The Labute approximate surface area is 129 Å². The predicted octanol–water partition coefficient (Wildman–Crippen LogP) is 3.26. The van der Waals surface area contributed by atoms with Gasteiger partial charge in [-0.25, -0.2) is 0 Å². The van der Waals surface area contributed by atoms with Crippen LogP contribution in [0.25, 0.3) is 0 Å². The first-order valence-electron chi connectivity index (χ1n) is 7.30. The summed E-state index contributed by atoms with van der Waals surface area (Å²) in [7, 11) is 0. The smallest absolute Gasteiger partial charge is 0.179 e. The minimum Gasteiger partial charge on any atom is -0.396 e. The number of aliphatic hydroxyl groups is 1. The number of benzene rings is 1. The van der Waals surface area contributed by atoms with Gasteiger partial charge in [-0.15, -0.1) is 0 Å². The Morgan fingerprint density at radius 3 is 2.55 bits per heavy atom. The molecule has 1 unspecified atom stereocenters. The standard InChI is InChI=1S/C16H22BrNO2/c1-12(16(20)13-6-8-14(17)9-7-13)18(10-3-11-19)15-4-2-5-15/h6-9,12,15,19H,2-5,10-11H2,1H3. The van der Waals surface area contributed by atoms with Gasteiger partial charge in [-0.3, -0.25) is 9.69 Å². The van der Waals surface area contributed by atoms with Crippen molar-refractivity contribution < 1.29 is 9.90 Å². The zero-order valence-electron chi connectivity index (χ0n) is 11.9. The molecule has 20 heavy (non-hydrogen) atoms. The number of rotatable bonds is 7. The molecule has 2 rings (SSSR count). The van der Waals surface area contributed by atoms with Crippen LogP contribution in [0.1, 0.15) is 43.0 Å². The Morgan fingerprint density at radius 2 is 2.05 bits per heavy atom. The van der Waals surface area contributed by atoms with Gasteiger partial charge in [0, 0.05) is 29.2 Å². The van der Waals surface area contributed by atoms with Gasteiger partial charge in [-0.2, -0.15) is 0 Å². The minimum atomic E-state index is -0.118. The van der Waals surface area contributed by atoms with Crippen LogP contribution >= 0.6 is 15.9 Å². The molecule has 0 amide bonds. The van der Waals surface area contributed by atoms with Crippen LogP contribution in [0.5, 0.6) is 0 Å². The number of nitrogens with zero attached hydrogens (tertiary/aromatic N) is 1. The van der Waals surface area contributed by atoms with Crippen molar-refractivity contribution in [1.29, 1.82) is 0 Å². The zero-order chi connectivity index (χ0) is 14.5. The third kappa shape index (κ3) is 3.68. The van der Waals surface area contributed by atoms with E-state index < -0.39 is 0 Å². The van der Waals surface area contributed by atoms with Crippen molar-refractivity contribution in [3.63, 3.8) is 0 Å². The summed E-state index contributed by atoms with van der Waals surface area (Å²) in [5, 5.41) is 9.04. The molecule has 1 saturated carbocycles. The molecule has 0 radical (unpaired) electrons. The van der Waals surface area contributed by atoms with E-state index in [1.807, 2.05) is 31.2 Å². The first-order valence-corrected chi connectivity index (χ1v) is 8.09. The predicted molar refractivity (Wildman–Crippen MR) is 84.0 cm³/mol. The number of ketones is 1. The molecule has 1 aromatic rings. The Hall–Kier alpha value is -0.710. The summed E-state index contributed by atoms with van der Waals surface area (Å²) >= 11 is 3.39. The molecule has 0 spiro atoms. The zero-order valence-corrected chi connectivity index (χ0v) is 13.5. The van der Waals surface area contributed by atoms with Gasteiger partial charge in [0.2, 0.25) is 0 Å². The van der Waals surface area contributed by atoms with Crippen molar-refractivity contribution in [2.75, 3.05) is 13.2 Å². The molecule has 1 atom stereocenters. The first kappa shape index (κ1) is 15.7. The van der Waals surface area contributed by atoms with E-state index in [2.05, 4.69) is 20.8 Å². The number of halogens is 1. The van der Waals surface area contributed by atoms with Crippen molar-refractivity contribution in [1.82, 2.24) is 4.90 Å². The lowest BCUT2D eigenvalue weighted by atomic mass is 9.89. The highest BCUT2D eigenvalue weighted by molar-refractivity contribution is 9.10. The first-order chi connectivity index (χ1) is 9.63. The summed E-state index contributed by atoms with van der Waals surface area (Å²) < 4.78 is 0.984. The number of Topliss-reactive ketones (excluding diaryl/α,β-unsaturated/α-hetero) is 1. The number of carbonyl (C=O) groups is 1. The van der Waals surface area contributed by atoms with E-state index >= 15 is 0 Å². The average molecular weight is 340 g/mol. The molecule has 1 aliphatic rings. The van der Waals surface area contributed by atoms with Crippen LogP contribution in [0.3, 0.4) is 0 Å². The molecule has 110 valence electrons. The average Bonchev–Trinajstić information content (AvgIpc) is 2.40. The van der Waals surface area contributed by atoms with E-state index in [0.29, 0.717) is 6.04 Å². The summed E-state index contributed by atoms with van der Waals surface area (Å²) in [6.45, 7) is 2.97. The fourth-order valence-electron chi connectivity index (χ4n) is 2.67. The summed E-state index contributed by atoms with van der Waals surface area (Å²) in [5.41, 5.74) is 0.758. The lowest BCUT2D eigenvalue weighted by molar-refractivity contribution is 0.0585. The molecule has 1 aliphatic carbocycles. The molecule has 4 heteroatoms. The van der Waals surface area contributed by atoms with E-state index in [0.717, 1.165) is 23.0 Å². The van der Waals surface area contributed by atoms with Crippen LogP contribution in [0.15, 0.2) is 28.7 Å². The number of carbonyl (C=O) groups excluding carboxylic acids is 1. The third-order valence-corrected chi connectivity index (χ3v) is 4.65. The van der Waals surface area contributed by atoms with Gasteiger partial charge in [0.05, 0.1) is 6.04 Å². The van der Waals surface area contributed by atoms with Crippen LogP contribution in [0, 0.1) is 0 Å². The van der Waals surface area contributed by atoms with E-state index in [-0.39, 0.29) is 18.4 Å². The number of hydrogen-bond donors (Lipinski definition) is 1. The quantitative estimate of drug-likeness (QED) is 0.775. The van der Waals surface area contributed by atoms with Crippen molar-refractivity contribution >= 4 is 21.7 Å². The van der Waals surface area contributed by atoms with Crippen LogP contribution in [-0.2, 0) is 0 Å². The highest BCUT2D eigenvalue weighted by atomic mass is 79.9. The Morgan fingerprint density at radius 1 is 1.40 bits per heavy atom. The lowest BCUT2D eigenvalue weighted by Crippen LogP contribution is -2.49. The number of hydrogen-bond acceptors (Lipinski definition) is 3. The highest BCUT2D eigenvalue weighted by Gasteiger charge is 2.31. The fraction of sp³-hybridized carbons (Fsp3) is 0.562. The monoisotopic (exact) mass is 339 g/mol. The Kier molecular flexibility index (Phi) is 5.75. The van der Waals surface area contributed by atoms with Crippen LogP contribution < -0.4 is 0 Å².